The van der Waals surface area contributed by atoms with Gasteiger partial charge in [0.25, 0.3) is 0 Å². The standard InChI is InChI=1S/C8H17NO4/c1-6(2)4-13-9-7(5-12-3)8(10)11/h6-7,9H,4-5H2,1-3H3,(H,10,11). The number of carboxylic acids is 1. The van der Waals surface area contributed by atoms with Crippen molar-refractivity contribution >= 4 is 5.97 Å². The molecule has 0 aliphatic heterocycles. The van der Waals surface area contributed by atoms with E-state index in [4.69, 9.17) is 14.7 Å². The first-order chi connectivity index (χ1) is 6.07. The Labute approximate surface area is 78.0 Å². The van der Waals surface area contributed by atoms with Crippen molar-refractivity contribution in [3.05, 3.63) is 0 Å². The third-order valence-electron chi connectivity index (χ3n) is 1.27. The van der Waals surface area contributed by atoms with Crippen molar-refractivity contribution in [1.29, 1.82) is 0 Å². The molecular formula is C8H17NO4. The normalized spacial score (nSPS) is 13.2. The Hall–Kier alpha value is -0.650. The van der Waals surface area contributed by atoms with Gasteiger partial charge in [0, 0.05) is 7.11 Å². The van der Waals surface area contributed by atoms with E-state index in [0.717, 1.165) is 0 Å². The predicted octanol–water partition coefficient (Wildman–Crippen LogP) is 0.263. The van der Waals surface area contributed by atoms with E-state index in [0.29, 0.717) is 12.5 Å². The van der Waals surface area contributed by atoms with Gasteiger partial charge in [-0.05, 0) is 5.92 Å². The van der Waals surface area contributed by atoms with Crippen molar-refractivity contribution in [3.8, 4) is 0 Å². The van der Waals surface area contributed by atoms with Crippen LogP contribution in [0.1, 0.15) is 13.8 Å². The first-order valence-corrected chi connectivity index (χ1v) is 4.17. The quantitative estimate of drug-likeness (QED) is 0.565. The first kappa shape index (κ1) is 12.3. The summed E-state index contributed by atoms with van der Waals surface area (Å²) in [5.74, 6) is -0.616. The number of rotatable bonds is 7. The Balaban J connectivity index is 3.63. The molecular weight excluding hydrogens is 174 g/mol. The molecule has 5 heteroatoms. The summed E-state index contributed by atoms with van der Waals surface area (Å²) in [6, 6.07) is -0.802. The summed E-state index contributed by atoms with van der Waals surface area (Å²) in [4.78, 5) is 15.5. The van der Waals surface area contributed by atoms with Gasteiger partial charge in [0.15, 0.2) is 6.04 Å². The molecule has 0 amide bonds. The SMILES string of the molecule is COCC(NOCC(C)C)C(=O)O. The molecule has 0 rings (SSSR count). The molecule has 2 N–H and O–H groups in total. The van der Waals surface area contributed by atoms with Crippen molar-refractivity contribution in [2.45, 2.75) is 19.9 Å². The van der Waals surface area contributed by atoms with E-state index in [1.807, 2.05) is 13.8 Å². The molecule has 13 heavy (non-hydrogen) atoms. The summed E-state index contributed by atoms with van der Waals surface area (Å²) in [5.41, 5.74) is 2.43. The third-order valence-corrected chi connectivity index (χ3v) is 1.27. The number of hydrogen-bond acceptors (Lipinski definition) is 4. The first-order valence-electron chi connectivity index (χ1n) is 4.17. The molecule has 0 saturated heterocycles. The van der Waals surface area contributed by atoms with Crippen LogP contribution in [0, 0.1) is 5.92 Å². The van der Waals surface area contributed by atoms with Gasteiger partial charge in [-0.15, -0.1) is 0 Å². The van der Waals surface area contributed by atoms with E-state index in [2.05, 4.69) is 5.48 Å². The minimum absolute atomic E-state index is 0.0907. The van der Waals surface area contributed by atoms with Crippen molar-refractivity contribution in [1.82, 2.24) is 5.48 Å². The second-order valence-corrected chi connectivity index (χ2v) is 3.17. The van der Waals surface area contributed by atoms with Crippen LogP contribution in [0.2, 0.25) is 0 Å². The molecule has 0 fully saturated rings. The van der Waals surface area contributed by atoms with Gasteiger partial charge in [0.1, 0.15) is 0 Å². The third kappa shape index (κ3) is 6.51. The Kier molecular flexibility index (Phi) is 6.48. The zero-order valence-corrected chi connectivity index (χ0v) is 8.24. The van der Waals surface area contributed by atoms with Gasteiger partial charge in [0.05, 0.1) is 13.2 Å². The zero-order chi connectivity index (χ0) is 10.3. The summed E-state index contributed by atoms with van der Waals surface area (Å²) >= 11 is 0. The van der Waals surface area contributed by atoms with Crippen LogP contribution in [-0.2, 0) is 14.4 Å². The molecule has 0 aromatic carbocycles. The van der Waals surface area contributed by atoms with Crippen LogP contribution in [0.15, 0.2) is 0 Å². The molecule has 0 aromatic heterocycles. The Morgan fingerprint density at radius 1 is 1.46 bits per heavy atom. The molecule has 1 atom stereocenters. The lowest BCUT2D eigenvalue weighted by Gasteiger charge is -2.14. The second-order valence-electron chi connectivity index (χ2n) is 3.17. The minimum atomic E-state index is -0.981. The molecule has 1 unspecified atom stereocenters. The lowest BCUT2D eigenvalue weighted by Crippen LogP contribution is -2.40. The topological polar surface area (TPSA) is 67.8 Å². The molecule has 0 aliphatic rings. The summed E-state index contributed by atoms with van der Waals surface area (Å²) in [5, 5.41) is 8.65. The van der Waals surface area contributed by atoms with E-state index >= 15 is 0 Å². The van der Waals surface area contributed by atoms with Gasteiger partial charge < -0.3 is 14.7 Å². The van der Waals surface area contributed by atoms with Crippen LogP contribution in [0.5, 0.6) is 0 Å². The molecule has 0 spiro atoms. The maximum atomic E-state index is 10.5. The lowest BCUT2D eigenvalue weighted by atomic mass is 10.2. The van der Waals surface area contributed by atoms with Gasteiger partial charge >= 0.3 is 5.97 Å². The number of carbonyl (C=O) groups is 1. The number of hydrogen-bond donors (Lipinski definition) is 2. The predicted molar refractivity (Wildman–Crippen MR) is 47.2 cm³/mol. The van der Waals surface area contributed by atoms with Gasteiger partial charge in [-0.25, -0.2) is 0 Å². The van der Waals surface area contributed by atoms with Crippen molar-refractivity contribution in [2.24, 2.45) is 5.92 Å². The average molecular weight is 191 g/mol. The van der Waals surface area contributed by atoms with Crippen molar-refractivity contribution in [2.75, 3.05) is 20.3 Å². The van der Waals surface area contributed by atoms with Crippen molar-refractivity contribution in [3.63, 3.8) is 0 Å². The molecule has 0 bridgehead atoms. The number of aliphatic carboxylic acids is 1. The highest BCUT2D eigenvalue weighted by molar-refractivity contribution is 5.73. The number of hydroxylamine groups is 1. The van der Waals surface area contributed by atoms with E-state index in [1.165, 1.54) is 7.11 Å². The monoisotopic (exact) mass is 191 g/mol. The van der Waals surface area contributed by atoms with E-state index in [1.54, 1.807) is 0 Å². The highest BCUT2D eigenvalue weighted by atomic mass is 16.6. The van der Waals surface area contributed by atoms with Crippen LogP contribution in [0.4, 0.5) is 0 Å². The van der Waals surface area contributed by atoms with E-state index < -0.39 is 12.0 Å². The molecule has 5 nitrogen and oxygen atoms in total. The van der Waals surface area contributed by atoms with Crippen LogP contribution in [0.25, 0.3) is 0 Å². The van der Waals surface area contributed by atoms with Crippen LogP contribution in [0.3, 0.4) is 0 Å². The fraction of sp³-hybridized carbons (Fsp3) is 0.875. The average Bonchev–Trinajstić information content (AvgIpc) is 2.02. The fourth-order valence-corrected chi connectivity index (χ4v) is 0.638. The minimum Gasteiger partial charge on any atom is -0.480 e. The Morgan fingerprint density at radius 2 is 2.08 bits per heavy atom. The van der Waals surface area contributed by atoms with E-state index in [-0.39, 0.29) is 6.61 Å². The van der Waals surface area contributed by atoms with Gasteiger partial charge in [-0.2, -0.15) is 5.48 Å². The van der Waals surface area contributed by atoms with E-state index in [9.17, 15) is 4.79 Å². The molecule has 0 radical (unpaired) electrons. The van der Waals surface area contributed by atoms with Gasteiger partial charge in [0.2, 0.25) is 0 Å². The van der Waals surface area contributed by atoms with Gasteiger partial charge in [-0.3, -0.25) is 4.79 Å². The number of methoxy groups -OCH3 is 1. The molecule has 78 valence electrons. The van der Waals surface area contributed by atoms with Crippen LogP contribution in [-0.4, -0.2) is 37.4 Å². The maximum Gasteiger partial charge on any atom is 0.325 e. The molecule has 0 saturated carbocycles. The summed E-state index contributed by atoms with van der Waals surface area (Å²) in [6.45, 7) is 4.53. The summed E-state index contributed by atoms with van der Waals surface area (Å²) < 4.78 is 4.70. The molecule has 0 aliphatic carbocycles. The van der Waals surface area contributed by atoms with Crippen LogP contribution < -0.4 is 5.48 Å². The summed E-state index contributed by atoms with van der Waals surface area (Å²) in [7, 11) is 1.44. The Bertz CT molecular complexity index is 149. The maximum absolute atomic E-state index is 10.5. The van der Waals surface area contributed by atoms with Gasteiger partial charge in [-0.1, -0.05) is 13.8 Å². The number of nitrogens with one attached hydrogen (secondary N) is 1. The number of carboxylic acid groups (broad SMARTS) is 1. The Morgan fingerprint density at radius 3 is 2.46 bits per heavy atom. The fourth-order valence-electron chi connectivity index (χ4n) is 0.638. The molecule has 0 heterocycles. The zero-order valence-electron chi connectivity index (χ0n) is 8.24. The largest absolute Gasteiger partial charge is 0.480 e. The van der Waals surface area contributed by atoms with Crippen molar-refractivity contribution < 1.29 is 19.5 Å². The smallest absolute Gasteiger partial charge is 0.325 e. The molecule has 0 aromatic rings. The summed E-state index contributed by atoms with van der Waals surface area (Å²) in [6.07, 6.45) is 0. The highest BCUT2D eigenvalue weighted by Gasteiger charge is 2.16. The lowest BCUT2D eigenvalue weighted by molar-refractivity contribution is -0.146. The highest BCUT2D eigenvalue weighted by Crippen LogP contribution is 1.92. The number of ether oxygens (including phenoxy) is 1. The second kappa shape index (κ2) is 6.82. The van der Waals surface area contributed by atoms with Crippen LogP contribution >= 0.6 is 0 Å².